The van der Waals surface area contributed by atoms with E-state index in [1.807, 2.05) is 27.7 Å². The molecule has 0 aromatic heterocycles. The van der Waals surface area contributed by atoms with Gasteiger partial charge < -0.3 is 14.6 Å². The number of rotatable bonds is 17. The largest absolute Gasteiger partial charge is 0.343 e. The second kappa shape index (κ2) is 15.0. The highest BCUT2D eigenvalue weighted by Crippen LogP contribution is 2.33. The van der Waals surface area contributed by atoms with Crippen LogP contribution in [0.1, 0.15) is 119 Å². The average molecular weight is 359 g/mol. The van der Waals surface area contributed by atoms with Crippen molar-refractivity contribution in [2.75, 3.05) is 0 Å². The van der Waals surface area contributed by atoms with Gasteiger partial charge in [-0.25, -0.2) is 0 Å². The average Bonchev–Trinajstić information content (AvgIpc) is 2.50. The minimum atomic E-state index is -1.45. The molecular formula is C22H46O3. The first-order valence-electron chi connectivity index (χ1n) is 10.9. The smallest absolute Gasteiger partial charge is 0.283 e. The standard InChI is InChI=1S/C22H46O3/c1-7-9-11-13-14-16-18-21(17-15-12-10-8-2)22(23,24-19(3)4)25-20(5)6/h19-21,23H,7-18H2,1-6H3. The minimum absolute atomic E-state index is 0.0496. The number of unbranched alkanes of at least 4 members (excludes halogenated alkanes) is 8. The quantitative estimate of drug-likeness (QED) is 0.229. The van der Waals surface area contributed by atoms with Crippen molar-refractivity contribution < 1.29 is 14.6 Å². The lowest BCUT2D eigenvalue weighted by atomic mass is 9.91. The predicted octanol–water partition coefficient (Wildman–Crippen LogP) is 6.82. The van der Waals surface area contributed by atoms with Crippen molar-refractivity contribution in [3.05, 3.63) is 0 Å². The van der Waals surface area contributed by atoms with Gasteiger partial charge in [0, 0.05) is 5.92 Å². The normalized spacial score (nSPS) is 13.8. The van der Waals surface area contributed by atoms with Gasteiger partial charge in [0.15, 0.2) is 0 Å². The van der Waals surface area contributed by atoms with Gasteiger partial charge in [-0.3, -0.25) is 0 Å². The van der Waals surface area contributed by atoms with Crippen LogP contribution in [0.2, 0.25) is 0 Å². The molecule has 0 aliphatic rings. The van der Waals surface area contributed by atoms with Crippen molar-refractivity contribution in [2.24, 2.45) is 5.92 Å². The Kier molecular flexibility index (Phi) is 14.9. The Labute approximate surface area is 157 Å². The van der Waals surface area contributed by atoms with Crippen molar-refractivity contribution in [3.8, 4) is 0 Å². The van der Waals surface area contributed by atoms with Crippen molar-refractivity contribution in [2.45, 2.75) is 137 Å². The van der Waals surface area contributed by atoms with Gasteiger partial charge in [-0.2, -0.15) is 0 Å². The Morgan fingerprint density at radius 3 is 1.40 bits per heavy atom. The van der Waals surface area contributed by atoms with Crippen molar-refractivity contribution in [1.29, 1.82) is 0 Å². The third-order valence-electron chi connectivity index (χ3n) is 4.64. The van der Waals surface area contributed by atoms with E-state index < -0.39 is 5.97 Å². The zero-order chi connectivity index (χ0) is 19.1. The van der Waals surface area contributed by atoms with Crippen LogP contribution in [0.15, 0.2) is 0 Å². The summed E-state index contributed by atoms with van der Waals surface area (Å²) in [4.78, 5) is 0. The van der Waals surface area contributed by atoms with Crippen molar-refractivity contribution in [1.82, 2.24) is 0 Å². The topological polar surface area (TPSA) is 38.7 Å². The molecule has 0 spiro atoms. The second-order valence-electron chi connectivity index (χ2n) is 8.07. The first-order chi connectivity index (χ1) is 11.9. The lowest BCUT2D eigenvalue weighted by Gasteiger charge is -2.38. The molecule has 0 saturated heterocycles. The molecule has 0 heterocycles. The van der Waals surface area contributed by atoms with E-state index in [-0.39, 0.29) is 18.1 Å². The SMILES string of the molecule is CCCCCCCCC(CCCCCC)C(O)(OC(C)C)OC(C)C. The Hall–Kier alpha value is -0.120. The molecule has 0 fully saturated rings. The zero-order valence-electron chi connectivity index (χ0n) is 18.0. The van der Waals surface area contributed by atoms with Crippen molar-refractivity contribution >= 4 is 0 Å². The lowest BCUT2D eigenvalue weighted by Crippen LogP contribution is -2.47. The molecule has 1 unspecified atom stereocenters. The van der Waals surface area contributed by atoms with Crippen LogP contribution in [0.4, 0.5) is 0 Å². The maximum absolute atomic E-state index is 11.2. The van der Waals surface area contributed by atoms with Crippen LogP contribution in [0, 0.1) is 5.92 Å². The highest BCUT2D eigenvalue weighted by atomic mass is 16.8. The number of aliphatic hydroxyl groups is 1. The van der Waals surface area contributed by atoms with E-state index in [1.54, 1.807) is 0 Å². The molecule has 0 aliphatic carbocycles. The molecule has 1 N–H and O–H groups in total. The molecule has 0 bridgehead atoms. The molecule has 1 atom stereocenters. The predicted molar refractivity (Wildman–Crippen MR) is 108 cm³/mol. The molecule has 0 radical (unpaired) electrons. The van der Waals surface area contributed by atoms with Crippen LogP contribution in [-0.4, -0.2) is 23.3 Å². The fourth-order valence-corrected chi connectivity index (χ4v) is 3.39. The lowest BCUT2D eigenvalue weighted by molar-refractivity contribution is -0.407. The van der Waals surface area contributed by atoms with Crippen LogP contribution in [0.25, 0.3) is 0 Å². The third kappa shape index (κ3) is 12.8. The maximum Gasteiger partial charge on any atom is 0.283 e. The van der Waals surface area contributed by atoms with Gasteiger partial charge >= 0.3 is 0 Å². The van der Waals surface area contributed by atoms with E-state index in [9.17, 15) is 5.11 Å². The Morgan fingerprint density at radius 2 is 1.00 bits per heavy atom. The fourth-order valence-electron chi connectivity index (χ4n) is 3.39. The molecule has 152 valence electrons. The summed E-state index contributed by atoms with van der Waals surface area (Å²) in [5.41, 5.74) is 0. The first kappa shape index (κ1) is 24.9. The third-order valence-corrected chi connectivity index (χ3v) is 4.64. The first-order valence-corrected chi connectivity index (χ1v) is 10.9. The summed E-state index contributed by atoms with van der Waals surface area (Å²) < 4.78 is 11.8. The summed E-state index contributed by atoms with van der Waals surface area (Å²) in [7, 11) is 0. The number of hydrogen-bond donors (Lipinski definition) is 1. The van der Waals surface area contributed by atoms with Crippen LogP contribution < -0.4 is 0 Å². The summed E-state index contributed by atoms with van der Waals surface area (Å²) in [6.07, 6.45) is 14.3. The monoisotopic (exact) mass is 358 g/mol. The van der Waals surface area contributed by atoms with E-state index in [0.717, 1.165) is 25.7 Å². The van der Waals surface area contributed by atoms with Gasteiger partial charge in [0.25, 0.3) is 5.97 Å². The summed E-state index contributed by atoms with van der Waals surface area (Å²) in [6, 6.07) is 0. The van der Waals surface area contributed by atoms with Gasteiger partial charge in [-0.15, -0.1) is 0 Å². The number of hydrogen-bond acceptors (Lipinski definition) is 3. The summed E-state index contributed by atoms with van der Waals surface area (Å²) >= 11 is 0. The van der Waals surface area contributed by atoms with E-state index in [2.05, 4.69) is 13.8 Å². The van der Waals surface area contributed by atoms with Gasteiger partial charge in [-0.1, -0.05) is 78.1 Å². The molecule has 3 nitrogen and oxygen atoms in total. The maximum atomic E-state index is 11.2. The highest BCUT2D eigenvalue weighted by Gasteiger charge is 2.40. The van der Waals surface area contributed by atoms with Crippen LogP contribution >= 0.6 is 0 Å². The molecule has 0 saturated carbocycles. The van der Waals surface area contributed by atoms with E-state index in [4.69, 9.17) is 9.47 Å². The van der Waals surface area contributed by atoms with Gasteiger partial charge in [-0.05, 0) is 40.5 Å². The Bertz CT molecular complexity index is 279. The molecule has 0 aromatic rings. The molecule has 0 aliphatic heterocycles. The minimum Gasteiger partial charge on any atom is -0.343 e. The summed E-state index contributed by atoms with van der Waals surface area (Å²) in [5, 5.41) is 11.2. The van der Waals surface area contributed by atoms with Crippen LogP contribution in [-0.2, 0) is 9.47 Å². The number of ether oxygens (including phenoxy) is 2. The molecule has 0 amide bonds. The van der Waals surface area contributed by atoms with Crippen LogP contribution in [0.5, 0.6) is 0 Å². The summed E-state index contributed by atoms with van der Waals surface area (Å²) in [5.74, 6) is -1.39. The second-order valence-corrected chi connectivity index (χ2v) is 8.07. The fraction of sp³-hybridized carbons (Fsp3) is 1.00. The Morgan fingerprint density at radius 1 is 0.640 bits per heavy atom. The van der Waals surface area contributed by atoms with Crippen molar-refractivity contribution in [3.63, 3.8) is 0 Å². The molecule has 0 rings (SSSR count). The molecule has 0 aromatic carbocycles. The van der Waals surface area contributed by atoms with Gasteiger partial charge in [0.2, 0.25) is 0 Å². The summed E-state index contributed by atoms with van der Waals surface area (Å²) in [6.45, 7) is 12.3. The van der Waals surface area contributed by atoms with E-state index in [1.165, 1.54) is 51.4 Å². The van der Waals surface area contributed by atoms with Crippen LogP contribution in [0.3, 0.4) is 0 Å². The Balaban J connectivity index is 4.71. The van der Waals surface area contributed by atoms with Gasteiger partial charge in [0.05, 0.1) is 12.2 Å². The molecule has 25 heavy (non-hydrogen) atoms. The zero-order valence-corrected chi connectivity index (χ0v) is 18.0. The van der Waals surface area contributed by atoms with E-state index in [0.29, 0.717) is 0 Å². The highest BCUT2D eigenvalue weighted by molar-refractivity contribution is 4.73. The molecular weight excluding hydrogens is 312 g/mol. The van der Waals surface area contributed by atoms with Gasteiger partial charge in [0.1, 0.15) is 0 Å². The molecule has 3 heteroatoms. The van der Waals surface area contributed by atoms with E-state index >= 15 is 0 Å².